The summed E-state index contributed by atoms with van der Waals surface area (Å²) in [5, 5.41) is 0. The van der Waals surface area contributed by atoms with E-state index in [9.17, 15) is 3.80 Å². The van der Waals surface area contributed by atoms with E-state index in [1.807, 2.05) is 44.2 Å². The summed E-state index contributed by atoms with van der Waals surface area (Å²) in [5.41, 5.74) is 1.16. The predicted molar refractivity (Wildman–Crippen MR) is 45.9 cm³/mol. The van der Waals surface area contributed by atoms with Crippen molar-refractivity contribution in [2.45, 2.75) is 18.1 Å². The summed E-state index contributed by atoms with van der Waals surface area (Å²) in [7, 11) is 0. The van der Waals surface area contributed by atoms with Gasteiger partial charge in [0.2, 0.25) is 0 Å². The van der Waals surface area contributed by atoms with Gasteiger partial charge in [0.15, 0.2) is 0 Å². The van der Waals surface area contributed by atoms with Crippen LogP contribution in [0.3, 0.4) is 0 Å². The Kier molecular flexibility index (Phi) is 2.59. The van der Waals surface area contributed by atoms with E-state index in [-0.39, 0.29) is 4.28 Å². The van der Waals surface area contributed by atoms with Crippen LogP contribution in [0, 0.1) is 0 Å². The van der Waals surface area contributed by atoms with Crippen LogP contribution in [-0.2, 0) is 8.08 Å². The van der Waals surface area contributed by atoms with Crippen molar-refractivity contribution in [2.75, 3.05) is 0 Å². The van der Waals surface area contributed by atoms with Crippen molar-refractivity contribution in [1.82, 2.24) is 0 Å². The minimum atomic E-state index is -0.747. The second kappa shape index (κ2) is 3.30. The van der Waals surface area contributed by atoms with Gasteiger partial charge in [-0.3, -0.25) is 0 Å². The van der Waals surface area contributed by atoms with Gasteiger partial charge < -0.3 is 0 Å². The van der Waals surface area contributed by atoms with Gasteiger partial charge in [0, 0.05) is 0 Å². The molecular formula is C9H11AlO. The maximum absolute atomic E-state index is 10.8. The van der Waals surface area contributed by atoms with Crippen LogP contribution in [0.1, 0.15) is 19.4 Å². The molecule has 0 N–H and O–H groups in total. The van der Waals surface area contributed by atoms with Crippen molar-refractivity contribution in [3.63, 3.8) is 0 Å². The zero-order valence-electron chi connectivity index (χ0n) is 6.87. The van der Waals surface area contributed by atoms with Crippen molar-refractivity contribution in [2.24, 2.45) is 0 Å². The average Bonchev–Trinajstić information content (AvgIpc) is 2.06. The van der Waals surface area contributed by atoms with Crippen molar-refractivity contribution >= 4 is 15.2 Å². The monoisotopic (exact) mass is 162 g/mol. The molecule has 0 heterocycles. The molecule has 2 heteroatoms. The third-order valence-corrected chi connectivity index (χ3v) is 2.74. The van der Waals surface area contributed by atoms with E-state index < -0.39 is 15.2 Å². The third-order valence-electron chi connectivity index (χ3n) is 1.81. The van der Waals surface area contributed by atoms with Gasteiger partial charge in [-0.05, 0) is 0 Å². The minimum absolute atomic E-state index is 0.138. The van der Waals surface area contributed by atoms with Crippen LogP contribution in [0.15, 0.2) is 30.3 Å². The van der Waals surface area contributed by atoms with Crippen LogP contribution in [0.25, 0.3) is 0 Å². The molecule has 1 rings (SSSR count). The van der Waals surface area contributed by atoms with Crippen LogP contribution in [-0.4, -0.2) is 15.2 Å². The number of benzene rings is 1. The Hall–Kier alpha value is -0.448. The van der Waals surface area contributed by atoms with E-state index in [4.69, 9.17) is 0 Å². The summed E-state index contributed by atoms with van der Waals surface area (Å²) in [4.78, 5) is 0. The molecule has 1 aromatic carbocycles. The Bertz CT molecular complexity index is 241. The van der Waals surface area contributed by atoms with Gasteiger partial charge in [-0.25, -0.2) is 0 Å². The second-order valence-electron chi connectivity index (χ2n) is 3.21. The van der Waals surface area contributed by atoms with E-state index in [1.54, 1.807) is 0 Å². The molecular weight excluding hydrogens is 151 g/mol. The van der Waals surface area contributed by atoms with Gasteiger partial charge in [-0.2, -0.15) is 0 Å². The first-order valence-corrected chi connectivity index (χ1v) is 4.73. The summed E-state index contributed by atoms with van der Waals surface area (Å²) < 4.78 is 10.7. The fourth-order valence-electron chi connectivity index (χ4n) is 0.936. The second-order valence-corrected chi connectivity index (χ2v) is 4.88. The quantitative estimate of drug-likeness (QED) is 0.607. The molecule has 0 atom stereocenters. The van der Waals surface area contributed by atoms with Crippen LogP contribution >= 0.6 is 0 Å². The van der Waals surface area contributed by atoms with Gasteiger partial charge in [0.25, 0.3) is 0 Å². The summed E-state index contributed by atoms with van der Waals surface area (Å²) in [6, 6.07) is 9.97. The average molecular weight is 162 g/mol. The van der Waals surface area contributed by atoms with E-state index in [0.29, 0.717) is 0 Å². The zero-order valence-corrected chi connectivity index (χ0v) is 8.03. The molecule has 0 radical (unpaired) electrons. The van der Waals surface area contributed by atoms with E-state index >= 15 is 0 Å². The summed E-state index contributed by atoms with van der Waals surface area (Å²) >= 11 is -0.747. The molecule has 0 aliphatic rings. The molecule has 0 amide bonds. The first-order chi connectivity index (χ1) is 5.17. The summed E-state index contributed by atoms with van der Waals surface area (Å²) in [6.07, 6.45) is 0. The molecule has 0 saturated carbocycles. The molecule has 0 saturated heterocycles. The zero-order chi connectivity index (χ0) is 8.32. The molecule has 56 valence electrons. The van der Waals surface area contributed by atoms with E-state index in [0.717, 1.165) is 5.56 Å². The fourth-order valence-corrected chi connectivity index (χ4v) is 1.26. The Morgan fingerprint density at radius 3 is 2.18 bits per heavy atom. The molecule has 0 aliphatic carbocycles. The molecule has 0 unspecified atom stereocenters. The molecule has 0 aliphatic heterocycles. The first kappa shape index (κ1) is 8.65. The van der Waals surface area contributed by atoms with Crippen LogP contribution in [0.4, 0.5) is 0 Å². The van der Waals surface area contributed by atoms with Crippen molar-refractivity contribution in [3.05, 3.63) is 35.9 Å². The fraction of sp³-hybridized carbons (Fsp3) is 0.333. The van der Waals surface area contributed by atoms with E-state index in [1.165, 1.54) is 0 Å². The summed E-state index contributed by atoms with van der Waals surface area (Å²) in [5.74, 6) is 0. The van der Waals surface area contributed by atoms with Crippen molar-refractivity contribution in [3.8, 4) is 0 Å². The molecule has 0 bridgehead atoms. The van der Waals surface area contributed by atoms with E-state index in [2.05, 4.69) is 0 Å². The molecule has 1 nitrogen and oxygen atoms in total. The van der Waals surface area contributed by atoms with Crippen molar-refractivity contribution in [1.29, 1.82) is 0 Å². The van der Waals surface area contributed by atoms with Crippen LogP contribution in [0.5, 0.6) is 0 Å². The predicted octanol–water partition coefficient (Wildman–Crippen LogP) is 1.97. The Balaban J connectivity index is 3.02. The van der Waals surface area contributed by atoms with Gasteiger partial charge in [0.1, 0.15) is 0 Å². The molecule has 11 heavy (non-hydrogen) atoms. The first-order valence-electron chi connectivity index (χ1n) is 3.69. The Morgan fingerprint density at radius 2 is 1.73 bits per heavy atom. The molecule has 0 spiro atoms. The standard InChI is InChI=1S/C9H11.Al.O/c1-8(2)9-6-4-3-5-7-9;;/h3-7H,1-2H3;;. The normalized spacial score (nSPS) is 10.7. The number of hydrogen-bond acceptors (Lipinski definition) is 1. The molecule has 1 aromatic rings. The van der Waals surface area contributed by atoms with Gasteiger partial charge >= 0.3 is 73.0 Å². The van der Waals surface area contributed by atoms with Gasteiger partial charge in [-0.15, -0.1) is 0 Å². The number of hydrogen-bond donors (Lipinski definition) is 0. The van der Waals surface area contributed by atoms with Gasteiger partial charge in [0.05, 0.1) is 0 Å². The molecule has 0 fully saturated rings. The van der Waals surface area contributed by atoms with Crippen molar-refractivity contribution < 1.29 is 3.80 Å². The Labute approximate surface area is 73.4 Å². The third kappa shape index (κ3) is 1.99. The topological polar surface area (TPSA) is 17.1 Å². The SMILES string of the molecule is C[C](C)([Al]=[O])c1ccccc1. The number of rotatable bonds is 2. The van der Waals surface area contributed by atoms with Gasteiger partial charge in [-0.1, -0.05) is 0 Å². The Morgan fingerprint density at radius 1 is 1.18 bits per heavy atom. The maximum atomic E-state index is 10.8. The van der Waals surface area contributed by atoms with Crippen LogP contribution < -0.4 is 0 Å². The summed E-state index contributed by atoms with van der Waals surface area (Å²) in [6.45, 7) is 4.01. The van der Waals surface area contributed by atoms with Crippen LogP contribution in [0.2, 0.25) is 0 Å². The molecule has 0 aromatic heterocycles.